The lowest BCUT2D eigenvalue weighted by molar-refractivity contribution is 0.135. The van der Waals surface area contributed by atoms with Gasteiger partial charge in [-0.25, -0.2) is 14.4 Å². The summed E-state index contributed by atoms with van der Waals surface area (Å²) in [6.07, 6.45) is -5.00. The summed E-state index contributed by atoms with van der Waals surface area (Å²) in [6.45, 7) is 0. The molecule has 0 aromatic carbocycles. The summed E-state index contributed by atoms with van der Waals surface area (Å²) in [5.41, 5.74) is 4.03. The highest BCUT2D eigenvalue weighted by atomic mass is 16.6. The van der Waals surface area contributed by atoms with Crippen LogP contribution >= 0.6 is 0 Å². The zero-order valence-corrected chi connectivity index (χ0v) is 5.54. The fourth-order valence-corrected chi connectivity index (χ4v) is 0. The summed E-state index contributed by atoms with van der Waals surface area (Å²) in [5, 5.41) is 35.1. The third kappa shape index (κ3) is 75.5. The molecule has 12 heavy (non-hydrogen) atoms. The van der Waals surface area contributed by atoms with Crippen molar-refractivity contribution in [3.8, 4) is 0 Å². The van der Waals surface area contributed by atoms with Crippen molar-refractivity contribution in [1.29, 1.82) is 0 Å². The van der Waals surface area contributed by atoms with E-state index < -0.39 is 18.4 Å². The van der Waals surface area contributed by atoms with E-state index in [4.69, 9.17) is 39.9 Å². The molecule has 1 amide bonds. The molecule has 0 spiro atoms. The first-order valence-electron chi connectivity index (χ1n) is 2.02. The van der Waals surface area contributed by atoms with Crippen LogP contribution < -0.4 is 5.73 Å². The summed E-state index contributed by atoms with van der Waals surface area (Å²) in [6, 6.07) is 0. The van der Waals surface area contributed by atoms with Gasteiger partial charge >= 0.3 is 18.4 Å². The summed E-state index contributed by atoms with van der Waals surface area (Å²) in [5.74, 6) is 0. The molecule has 0 aromatic heterocycles. The van der Waals surface area contributed by atoms with E-state index in [2.05, 4.69) is 5.73 Å². The minimum absolute atomic E-state index is 1.33. The Morgan fingerprint density at radius 2 is 0.750 bits per heavy atom. The molecule has 0 aromatic rings. The maximum atomic E-state index is 8.78. The maximum absolute atomic E-state index is 8.78. The molecule has 0 radical (unpaired) electrons. The Balaban J connectivity index is -0.000000101. The molecule has 9 nitrogen and oxygen atoms in total. The van der Waals surface area contributed by atoms with E-state index in [1.807, 2.05) is 0 Å². The fraction of sp³-hybridized carbons (Fsp3) is 0. The summed E-state index contributed by atoms with van der Waals surface area (Å²) < 4.78 is 0. The fourth-order valence-electron chi connectivity index (χ4n) is 0. The predicted molar refractivity (Wildman–Crippen MR) is 33.5 cm³/mol. The Morgan fingerprint density at radius 1 is 0.750 bits per heavy atom. The number of carboxylic acid groups (broad SMARTS) is 5. The zero-order valence-electron chi connectivity index (χ0n) is 5.54. The van der Waals surface area contributed by atoms with Crippen LogP contribution in [0.2, 0.25) is 0 Å². The lowest BCUT2D eigenvalue weighted by Gasteiger charge is -1.61. The molecule has 0 saturated carbocycles. The van der Waals surface area contributed by atoms with Gasteiger partial charge in [-0.15, -0.1) is 0 Å². The number of rotatable bonds is 0. The Morgan fingerprint density at radius 3 is 0.750 bits per heavy atom. The van der Waals surface area contributed by atoms with E-state index in [9.17, 15) is 0 Å². The van der Waals surface area contributed by atoms with Crippen LogP contribution in [-0.2, 0) is 0 Å². The van der Waals surface area contributed by atoms with Crippen molar-refractivity contribution in [2.24, 2.45) is 5.73 Å². The van der Waals surface area contributed by atoms with E-state index >= 15 is 0 Å². The molecule has 0 aliphatic heterocycles. The summed E-state index contributed by atoms with van der Waals surface area (Å²) >= 11 is 0. The number of amides is 1. The lowest BCUT2D eigenvalue weighted by Crippen LogP contribution is -2.03. The molecule has 0 atom stereocenters. The average Bonchev–Trinajstić information content (AvgIpc) is 1.54. The van der Waals surface area contributed by atoms with Crippen LogP contribution in [0.1, 0.15) is 0 Å². The summed E-state index contributed by atoms with van der Waals surface area (Å²) in [4.78, 5) is 25.9. The van der Waals surface area contributed by atoms with Crippen LogP contribution in [0.4, 0.5) is 14.4 Å². The van der Waals surface area contributed by atoms with E-state index in [1.165, 1.54) is 0 Å². The van der Waals surface area contributed by atoms with Gasteiger partial charge in [-0.2, -0.15) is 0 Å². The molecule has 0 aliphatic carbocycles. The first kappa shape index (κ1) is 16.4. The molecule has 72 valence electrons. The van der Waals surface area contributed by atoms with E-state index in [0.717, 1.165) is 0 Å². The van der Waals surface area contributed by atoms with Gasteiger partial charge in [0.25, 0.3) is 0 Å². The molecule has 0 rings (SSSR count). The topological polar surface area (TPSA) is 178 Å². The first-order chi connectivity index (χ1) is 5.20. The lowest BCUT2D eigenvalue weighted by atomic mass is 11.3. The van der Waals surface area contributed by atoms with Gasteiger partial charge in [-0.3, -0.25) is 0 Å². The second-order valence-electron chi connectivity index (χ2n) is 0.903. The predicted octanol–water partition coefficient (Wildman–Crippen LogP) is 0.0679. The van der Waals surface area contributed by atoms with Gasteiger partial charge < -0.3 is 31.3 Å². The summed E-state index contributed by atoms with van der Waals surface area (Å²) in [7, 11) is 0. The molecule has 0 heterocycles. The zero-order chi connectivity index (χ0) is 10.7. The highest BCUT2D eigenvalue weighted by Gasteiger charge is 1.70. The quantitative estimate of drug-likeness (QED) is 0.306. The van der Waals surface area contributed by atoms with Gasteiger partial charge in [0.1, 0.15) is 0 Å². The minimum atomic E-state index is -1.83. The highest BCUT2D eigenvalue weighted by molar-refractivity contribution is 5.61. The monoisotopic (exact) mass is 185 g/mol. The molecule has 0 aliphatic rings. The van der Waals surface area contributed by atoms with Crippen molar-refractivity contribution < 1.29 is 39.9 Å². The van der Waals surface area contributed by atoms with Crippen molar-refractivity contribution in [2.75, 3.05) is 0 Å². The Labute approximate surface area is 65.3 Å². The second kappa shape index (κ2) is 11.6. The van der Waals surface area contributed by atoms with Crippen molar-refractivity contribution >= 4 is 18.4 Å². The smallest absolute Gasteiger partial charge is 0.465 e. The van der Waals surface area contributed by atoms with Crippen LogP contribution in [0.25, 0.3) is 0 Å². The van der Waals surface area contributed by atoms with Gasteiger partial charge in [-0.05, 0) is 0 Å². The maximum Gasteiger partial charge on any atom is 0.503 e. The molecule has 9 heteroatoms. The van der Waals surface area contributed by atoms with E-state index in [1.54, 1.807) is 0 Å². The van der Waals surface area contributed by atoms with Gasteiger partial charge in [0.2, 0.25) is 0 Å². The van der Waals surface area contributed by atoms with Crippen LogP contribution in [0.15, 0.2) is 0 Å². The van der Waals surface area contributed by atoms with Crippen LogP contribution in [0.5, 0.6) is 0 Å². The van der Waals surface area contributed by atoms with Crippen molar-refractivity contribution in [3.05, 3.63) is 0 Å². The third-order valence-corrected chi connectivity index (χ3v) is 0. The van der Waals surface area contributed by atoms with E-state index in [-0.39, 0.29) is 0 Å². The molecule has 0 unspecified atom stereocenters. The standard InChI is InChI=1S/CH3NO2.2CH2O3/c3*2-1(3)4/h2H2,(H,3,4);2*(H2,2,3,4). The molecule has 7 N–H and O–H groups in total. The van der Waals surface area contributed by atoms with Crippen LogP contribution in [-0.4, -0.2) is 43.9 Å². The van der Waals surface area contributed by atoms with Crippen LogP contribution in [0, 0.1) is 0 Å². The van der Waals surface area contributed by atoms with Crippen molar-refractivity contribution in [3.63, 3.8) is 0 Å². The molecular weight excluding hydrogens is 178 g/mol. The van der Waals surface area contributed by atoms with Gasteiger partial charge in [0, 0.05) is 0 Å². The average molecular weight is 185 g/mol. The SMILES string of the molecule is NC(=O)O.O=C(O)O.O=C(O)O. The van der Waals surface area contributed by atoms with Crippen molar-refractivity contribution in [1.82, 2.24) is 0 Å². The third-order valence-electron chi connectivity index (χ3n) is 0. The second-order valence-corrected chi connectivity index (χ2v) is 0.903. The van der Waals surface area contributed by atoms with Gasteiger partial charge in [0.05, 0.1) is 0 Å². The van der Waals surface area contributed by atoms with Gasteiger partial charge in [-0.1, -0.05) is 0 Å². The largest absolute Gasteiger partial charge is 0.503 e. The first-order valence-corrected chi connectivity index (χ1v) is 2.02. The molecule has 0 bridgehead atoms. The number of hydrogen-bond acceptors (Lipinski definition) is 3. The molecule has 0 fully saturated rings. The Bertz CT molecular complexity index is 112. The van der Waals surface area contributed by atoms with Crippen molar-refractivity contribution in [2.45, 2.75) is 0 Å². The van der Waals surface area contributed by atoms with E-state index in [0.29, 0.717) is 0 Å². The number of nitrogens with two attached hydrogens (primary N) is 1. The minimum Gasteiger partial charge on any atom is -0.465 e. The normalized spacial score (nSPS) is 6.00. The number of hydrogen-bond donors (Lipinski definition) is 6. The number of carbonyl (C=O) groups is 3. The highest BCUT2D eigenvalue weighted by Crippen LogP contribution is 1.43. The molecular formula is C3H7NO8. The van der Waals surface area contributed by atoms with Crippen LogP contribution in [0.3, 0.4) is 0 Å². The Kier molecular flexibility index (Phi) is 15.9. The number of primary amides is 1. The molecule has 0 saturated heterocycles. The van der Waals surface area contributed by atoms with Gasteiger partial charge in [0.15, 0.2) is 0 Å². The Hall–Kier alpha value is -2.19.